The van der Waals surface area contributed by atoms with Gasteiger partial charge in [-0.15, -0.1) is 0 Å². The maximum Gasteiger partial charge on any atom is 0.407 e. The molecular weight excluding hydrogens is 707 g/mol. The number of rotatable bonds is 15. The number of hydrogen-bond acceptors (Lipinski definition) is 7. The first-order valence-corrected chi connectivity index (χ1v) is 18.9. The van der Waals surface area contributed by atoms with E-state index in [1.165, 1.54) is 5.56 Å². The lowest BCUT2D eigenvalue weighted by molar-refractivity contribution is -0.137. The van der Waals surface area contributed by atoms with Crippen LogP contribution in [0.5, 0.6) is 11.5 Å². The van der Waals surface area contributed by atoms with Crippen LogP contribution in [0.3, 0.4) is 0 Å². The molecule has 10 nitrogen and oxygen atoms in total. The first kappa shape index (κ1) is 39.6. The molecule has 6 rings (SSSR count). The molecule has 1 aliphatic rings. The molecular formula is C46H49N3O7. The summed E-state index contributed by atoms with van der Waals surface area (Å²) in [5.41, 5.74) is 11.0. The van der Waals surface area contributed by atoms with Crippen LogP contribution < -0.4 is 25.4 Å². The number of hydrogen-bond donors (Lipinski definition) is 2. The molecule has 0 saturated carbocycles. The van der Waals surface area contributed by atoms with E-state index in [0.717, 1.165) is 35.1 Å². The smallest absolute Gasteiger partial charge is 0.407 e. The third-order valence-electron chi connectivity index (χ3n) is 9.12. The molecule has 0 aromatic heterocycles. The van der Waals surface area contributed by atoms with Crippen LogP contribution in [0.15, 0.2) is 127 Å². The maximum atomic E-state index is 14.4. The Bertz CT molecular complexity index is 2080. The van der Waals surface area contributed by atoms with Gasteiger partial charge < -0.3 is 34.9 Å². The van der Waals surface area contributed by atoms with Crippen molar-refractivity contribution >= 4 is 23.6 Å². The number of nitrogens with two attached hydrogens (primary N) is 1. The van der Waals surface area contributed by atoms with Gasteiger partial charge in [-0.05, 0) is 91.8 Å². The molecule has 5 aromatic rings. The lowest BCUT2D eigenvalue weighted by atomic mass is 9.97. The van der Waals surface area contributed by atoms with Crippen LogP contribution in [0.4, 0.5) is 10.5 Å². The van der Waals surface area contributed by atoms with E-state index in [4.69, 9.17) is 24.7 Å². The fourth-order valence-electron chi connectivity index (χ4n) is 6.49. The SMILES string of the molecule is CC(C)(C)OC(=O)NCc1cccc(C2OC(CC(N)=O)C(=O)N(Cc3ccc(OCc4ccccc4)cc3)c3ccc(OCCCc4ccccc4)cc32)c1. The Kier molecular flexibility index (Phi) is 13.0. The highest BCUT2D eigenvalue weighted by Crippen LogP contribution is 2.41. The molecule has 0 bridgehead atoms. The third-order valence-corrected chi connectivity index (χ3v) is 9.12. The third kappa shape index (κ3) is 11.2. The number of amides is 3. The number of aryl methyl sites for hydroxylation is 1. The number of carbonyl (C=O) groups excluding carboxylic acids is 3. The van der Waals surface area contributed by atoms with E-state index in [0.29, 0.717) is 36.0 Å². The van der Waals surface area contributed by atoms with Gasteiger partial charge >= 0.3 is 6.09 Å². The molecule has 290 valence electrons. The minimum atomic E-state index is -1.17. The van der Waals surface area contributed by atoms with Crippen molar-refractivity contribution in [3.05, 3.63) is 161 Å². The van der Waals surface area contributed by atoms with Crippen LogP contribution in [0.25, 0.3) is 0 Å². The van der Waals surface area contributed by atoms with Crippen molar-refractivity contribution in [2.45, 2.75) is 77.5 Å². The summed E-state index contributed by atoms with van der Waals surface area (Å²) in [6.07, 6.45) is -1.12. The quantitative estimate of drug-likeness (QED) is 0.103. The summed E-state index contributed by atoms with van der Waals surface area (Å²) in [6, 6.07) is 41.0. The molecule has 5 aromatic carbocycles. The zero-order valence-corrected chi connectivity index (χ0v) is 32.1. The topological polar surface area (TPSA) is 129 Å². The number of nitrogens with one attached hydrogen (secondary N) is 1. The van der Waals surface area contributed by atoms with Crippen molar-refractivity contribution in [2.75, 3.05) is 11.5 Å². The zero-order valence-electron chi connectivity index (χ0n) is 32.1. The molecule has 1 heterocycles. The number of alkyl carbamates (subject to hydrolysis) is 1. The molecule has 0 spiro atoms. The number of fused-ring (bicyclic) bond motifs is 1. The molecule has 2 unspecified atom stereocenters. The predicted octanol–water partition coefficient (Wildman–Crippen LogP) is 8.20. The fraction of sp³-hybridized carbons (Fsp3) is 0.283. The molecule has 10 heteroatoms. The second-order valence-corrected chi connectivity index (χ2v) is 14.8. The van der Waals surface area contributed by atoms with E-state index in [9.17, 15) is 14.4 Å². The normalized spacial score (nSPS) is 15.3. The van der Waals surface area contributed by atoms with Gasteiger partial charge in [0.2, 0.25) is 5.91 Å². The van der Waals surface area contributed by atoms with E-state index in [-0.39, 0.29) is 19.5 Å². The largest absolute Gasteiger partial charge is 0.494 e. The van der Waals surface area contributed by atoms with Gasteiger partial charge in [0.15, 0.2) is 0 Å². The second-order valence-electron chi connectivity index (χ2n) is 14.8. The first-order chi connectivity index (χ1) is 27.0. The lowest BCUT2D eigenvalue weighted by Gasteiger charge is -2.25. The Balaban J connectivity index is 1.30. The maximum absolute atomic E-state index is 14.4. The Morgan fingerprint density at radius 1 is 0.768 bits per heavy atom. The van der Waals surface area contributed by atoms with E-state index in [2.05, 4.69) is 17.4 Å². The minimum Gasteiger partial charge on any atom is -0.494 e. The van der Waals surface area contributed by atoms with E-state index >= 15 is 0 Å². The summed E-state index contributed by atoms with van der Waals surface area (Å²) in [5, 5.41) is 2.81. The Labute approximate surface area is 328 Å². The lowest BCUT2D eigenvalue weighted by Crippen LogP contribution is -2.41. The first-order valence-electron chi connectivity index (χ1n) is 18.9. The van der Waals surface area contributed by atoms with Gasteiger partial charge in [0.1, 0.15) is 35.9 Å². The van der Waals surface area contributed by atoms with Crippen LogP contribution in [-0.4, -0.2) is 36.2 Å². The van der Waals surface area contributed by atoms with Crippen LogP contribution in [0, 0.1) is 0 Å². The highest BCUT2D eigenvalue weighted by atomic mass is 16.6. The van der Waals surface area contributed by atoms with Crippen molar-refractivity contribution in [3.63, 3.8) is 0 Å². The summed E-state index contributed by atoms with van der Waals surface area (Å²) >= 11 is 0. The van der Waals surface area contributed by atoms with Crippen molar-refractivity contribution < 1.29 is 33.3 Å². The highest BCUT2D eigenvalue weighted by molar-refractivity contribution is 6.00. The van der Waals surface area contributed by atoms with Gasteiger partial charge in [0, 0.05) is 12.1 Å². The molecule has 56 heavy (non-hydrogen) atoms. The Morgan fingerprint density at radius 3 is 2.14 bits per heavy atom. The molecule has 0 saturated heterocycles. The number of anilines is 1. The van der Waals surface area contributed by atoms with E-state index < -0.39 is 35.7 Å². The Morgan fingerprint density at radius 2 is 1.45 bits per heavy atom. The molecule has 0 aliphatic carbocycles. The Hall–Kier alpha value is -6.13. The van der Waals surface area contributed by atoms with Crippen LogP contribution in [0.1, 0.15) is 73.1 Å². The van der Waals surface area contributed by atoms with Gasteiger partial charge in [-0.2, -0.15) is 0 Å². The summed E-state index contributed by atoms with van der Waals surface area (Å²) in [4.78, 5) is 40.9. The second kappa shape index (κ2) is 18.5. The standard InChI is InChI=1S/C46H49N3O7/c1-46(2,3)56-45(52)48-29-35-16-10-18-36(26-35)43-39-27-38(53-25-11-17-32-12-6-4-7-13-32)23-24-40(39)49(44(51)41(55-43)28-42(47)50)30-33-19-21-37(22-20-33)54-31-34-14-8-5-9-15-34/h4-10,12-16,18-24,26-27,41,43H,11,17,25,28-31H2,1-3H3,(H2,47,50)(H,48,52). The van der Waals surface area contributed by atoms with E-state index in [1.807, 2.05) is 115 Å². The molecule has 0 fully saturated rings. The number of nitrogens with zero attached hydrogens (tertiary/aromatic N) is 1. The van der Waals surface area contributed by atoms with Gasteiger partial charge in [-0.25, -0.2) is 4.79 Å². The highest BCUT2D eigenvalue weighted by Gasteiger charge is 2.38. The van der Waals surface area contributed by atoms with Crippen LogP contribution >= 0.6 is 0 Å². The number of ether oxygens (including phenoxy) is 4. The monoisotopic (exact) mass is 755 g/mol. The van der Waals surface area contributed by atoms with Crippen molar-refractivity contribution in [1.29, 1.82) is 0 Å². The van der Waals surface area contributed by atoms with Crippen LogP contribution in [0.2, 0.25) is 0 Å². The van der Waals surface area contributed by atoms with Crippen molar-refractivity contribution in [2.24, 2.45) is 5.73 Å². The number of primary amides is 1. The summed E-state index contributed by atoms with van der Waals surface area (Å²) in [6.45, 7) is 6.73. The molecule has 3 N–H and O–H groups in total. The minimum absolute atomic E-state index is 0.202. The average Bonchev–Trinajstić information content (AvgIpc) is 3.29. The van der Waals surface area contributed by atoms with E-state index in [1.54, 1.807) is 25.7 Å². The van der Waals surface area contributed by atoms with Gasteiger partial charge in [0.05, 0.1) is 25.3 Å². The summed E-state index contributed by atoms with van der Waals surface area (Å²) < 4.78 is 24.3. The van der Waals surface area contributed by atoms with Gasteiger partial charge in [0.25, 0.3) is 5.91 Å². The number of carbonyl (C=O) groups is 3. The molecule has 0 radical (unpaired) electrons. The van der Waals surface area contributed by atoms with Crippen molar-refractivity contribution in [3.8, 4) is 11.5 Å². The van der Waals surface area contributed by atoms with Gasteiger partial charge in [-0.1, -0.05) is 97.1 Å². The summed E-state index contributed by atoms with van der Waals surface area (Å²) in [7, 11) is 0. The average molecular weight is 756 g/mol. The molecule has 2 atom stereocenters. The van der Waals surface area contributed by atoms with Crippen molar-refractivity contribution in [1.82, 2.24) is 5.32 Å². The van der Waals surface area contributed by atoms with Gasteiger partial charge in [-0.3, -0.25) is 9.59 Å². The number of benzene rings is 5. The molecule has 1 aliphatic heterocycles. The molecule has 3 amide bonds. The fourth-order valence-corrected chi connectivity index (χ4v) is 6.49. The zero-order chi connectivity index (χ0) is 39.5. The summed E-state index contributed by atoms with van der Waals surface area (Å²) in [5.74, 6) is 0.265. The predicted molar refractivity (Wildman–Crippen MR) is 215 cm³/mol. The van der Waals surface area contributed by atoms with Crippen LogP contribution in [-0.2, 0) is 45.2 Å².